The van der Waals surface area contributed by atoms with E-state index in [1.165, 1.54) is 37.1 Å². The minimum absolute atomic E-state index is 0.137. The third-order valence-corrected chi connectivity index (χ3v) is 16.4. The SMILES string of the molecule is C[C]1([Pt][CH2][Si](C)(C)C)C=CC(c2cc3ccccc3c3ccccc23)=C1. The van der Waals surface area contributed by atoms with Crippen LogP contribution in [0.1, 0.15) is 12.5 Å². The van der Waals surface area contributed by atoms with Crippen molar-refractivity contribution in [3.05, 3.63) is 78.4 Å². The average Bonchev–Trinajstić information content (AvgIpc) is 3.01. The first-order valence-corrected chi connectivity index (χ1v) is 15.7. The number of rotatable bonds is 4. The molecule has 0 nitrogen and oxygen atoms in total. The molecule has 3 aromatic rings. The first-order chi connectivity index (χ1) is 12.3. The van der Waals surface area contributed by atoms with Crippen molar-refractivity contribution < 1.29 is 18.6 Å². The molecule has 0 N–H and O–H groups in total. The third kappa shape index (κ3) is 3.52. The second-order valence-electron chi connectivity index (χ2n) is 8.49. The van der Waals surface area contributed by atoms with Crippen LogP contribution in [0.5, 0.6) is 0 Å². The van der Waals surface area contributed by atoms with Gasteiger partial charge in [-0.2, -0.15) is 0 Å². The van der Waals surface area contributed by atoms with Gasteiger partial charge in [0.1, 0.15) is 0 Å². The van der Waals surface area contributed by atoms with Crippen LogP contribution in [-0.2, 0) is 18.6 Å². The van der Waals surface area contributed by atoms with Gasteiger partial charge in [0.25, 0.3) is 0 Å². The summed E-state index contributed by atoms with van der Waals surface area (Å²) in [7, 11) is -0.967. The molecule has 3 aromatic carbocycles. The molecular formula is C24H26PtSi. The Morgan fingerprint density at radius 2 is 1.54 bits per heavy atom. The van der Waals surface area contributed by atoms with Gasteiger partial charge in [-0.15, -0.1) is 0 Å². The number of hydrogen-bond donors (Lipinski definition) is 0. The van der Waals surface area contributed by atoms with E-state index >= 15 is 0 Å². The molecule has 0 saturated carbocycles. The molecule has 0 amide bonds. The predicted molar refractivity (Wildman–Crippen MR) is 115 cm³/mol. The summed E-state index contributed by atoms with van der Waals surface area (Å²) in [4.78, 5) is 0. The van der Waals surface area contributed by atoms with Gasteiger partial charge in [0.2, 0.25) is 0 Å². The summed E-state index contributed by atoms with van der Waals surface area (Å²) in [6.07, 6.45) is 7.40. The maximum atomic E-state index is 2.55. The van der Waals surface area contributed by atoms with Gasteiger partial charge in [0.15, 0.2) is 0 Å². The van der Waals surface area contributed by atoms with Crippen LogP contribution in [0.15, 0.2) is 72.8 Å². The molecule has 2 heteroatoms. The summed E-state index contributed by atoms with van der Waals surface area (Å²) in [5.41, 5.74) is 2.79. The zero-order valence-corrected chi connectivity index (χ0v) is 19.2. The monoisotopic (exact) mass is 537 g/mol. The van der Waals surface area contributed by atoms with Crippen LogP contribution in [0.2, 0.25) is 27.9 Å². The Kier molecular flexibility index (Phi) is 4.57. The number of benzene rings is 3. The van der Waals surface area contributed by atoms with Crippen LogP contribution in [0, 0.1) is 0 Å². The van der Waals surface area contributed by atoms with Crippen LogP contribution in [0.4, 0.5) is 0 Å². The molecule has 0 heterocycles. The van der Waals surface area contributed by atoms with Gasteiger partial charge >= 0.3 is 167 Å². The van der Waals surface area contributed by atoms with E-state index < -0.39 is 8.07 Å². The molecule has 0 aromatic heterocycles. The van der Waals surface area contributed by atoms with Crippen LogP contribution in [0.3, 0.4) is 0 Å². The van der Waals surface area contributed by atoms with Crippen molar-refractivity contribution >= 4 is 35.2 Å². The quantitative estimate of drug-likeness (QED) is 0.239. The molecule has 1 atom stereocenters. The Labute approximate surface area is 166 Å². The number of hydrogen-bond acceptors (Lipinski definition) is 0. The van der Waals surface area contributed by atoms with Gasteiger partial charge in [-0.25, -0.2) is 0 Å². The summed E-state index contributed by atoms with van der Waals surface area (Å²) in [6, 6.07) is 20.0. The van der Waals surface area contributed by atoms with E-state index in [1.54, 1.807) is 0 Å². The zero-order valence-electron chi connectivity index (χ0n) is 16.0. The molecule has 1 aliphatic carbocycles. The van der Waals surface area contributed by atoms with E-state index in [0.29, 0.717) is 3.80 Å². The predicted octanol–water partition coefficient (Wildman–Crippen LogP) is 7.50. The maximum absolute atomic E-state index is 2.55. The van der Waals surface area contributed by atoms with Crippen molar-refractivity contribution in [3.8, 4) is 0 Å². The molecule has 0 spiro atoms. The fourth-order valence-corrected chi connectivity index (χ4v) is 11.3. The van der Waals surface area contributed by atoms with E-state index in [9.17, 15) is 0 Å². The zero-order chi connectivity index (χ0) is 18.4. The third-order valence-electron chi connectivity index (χ3n) is 4.72. The summed E-state index contributed by atoms with van der Waals surface area (Å²) < 4.78 is 1.79. The van der Waals surface area contributed by atoms with Crippen molar-refractivity contribution in [1.29, 1.82) is 0 Å². The first kappa shape index (κ1) is 18.0. The molecule has 1 aliphatic rings. The van der Waals surface area contributed by atoms with Crippen molar-refractivity contribution in [2.24, 2.45) is 0 Å². The van der Waals surface area contributed by atoms with E-state index in [4.69, 9.17) is 0 Å². The van der Waals surface area contributed by atoms with Crippen molar-refractivity contribution in [1.82, 2.24) is 0 Å². The van der Waals surface area contributed by atoms with Gasteiger partial charge < -0.3 is 0 Å². The fourth-order valence-electron chi connectivity index (χ4n) is 3.46. The molecule has 0 bridgehead atoms. The number of allylic oxidation sites excluding steroid dienone is 4. The van der Waals surface area contributed by atoms with Crippen LogP contribution in [0.25, 0.3) is 27.1 Å². The van der Waals surface area contributed by atoms with Crippen molar-refractivity contribution in [2.75, 3.05) is 0 Å². The normalized spacial score (nSPS) is 20.2. The number of fused-ring (bicyclic) bond motifs is 3. The Bertz CT molecular complexity index is 1040. The van der Waals surface area contributed by atoms with E-state index in [0.717, 1.165) is 0 Å². The van der Waals surface area contributed by atoms with Crippen molar-refractivity contribution in [3.63, 3.8) is 0 Å². The Hall–Kier alpha value is -1.43. The standard InChI is InChI=1S/C20H15.C4H11Si.Pt/c1-14-10-11-16(12-14)20-13-15-6-2-3-7-17(15)18-8-4-5-9-19(18)20;1-5(2,3)4;/h2-13H,1H3;1H2,2-4H3;. The summed E-state index contributed by atoms with van der Waals surface area (Å²) in [5.74, 6) is 0. The fraction of sp³-hybridized carbons (Fsp3) is 0.250. The van der Waals surface area contributed by atoms with E-state index in [1.807, 2.05) is 0 Å². The minimum atomic E-state index is -0.967. The second kappa shape index (κ2) is 6.62. The molecule has 26 heavy (non-hydrogen) atoms. The summed E-state index contributed by atoms with van der Waals surface area (Å²) in [6.45, 7) is 9.93. The van der Waals surface area contributed by atoms with Crippen molar-refractivity contribution in [2.45, 2.75) is 34.8 Å². The first-order valence-electron chi connectivity index (χ1n) is 9.21. The van der Waals surface area contributed by atoms with Crippen LogP contribution in [-0.4, -0.2) is 8.07 Å². The van der Waals surface area contributed by atoms with E-state index in [-0.39, 0.29) is 18.6 Å². The molecule has 0 radical (unpaired) electrons. The molecule has 4 rings (SSSR count). The van der Waals surface area contributed by atoms with E-state index in [2.05, 4.69) is 99.4 Å². The molecule has 0 saturated heterocycles. The topological polar surface area (TPSA) is 0 Å². The van der Waals surface area contributed by atoms with Gasteiger partial charge in [-0.05, 0) is 0 Å². The van der Waals surface area contributed by atoms with Gasteiger partial charge in [0, 0.05) is 0 Å². The van der Waals surface area contributed by atoms with Crippen LogP contribution < -0.4 is 0 Å². The average molecular weight is 538 g/mol. The molecule has 0 fully saturated rings. The Morgan fingerprint density at radius 3 is 2.27 bits per heavy atom. The summed E-state index contributed by atoms with van der Waals surface area (Å²) in [5, 5.41) is 5.42. The van der Waals surface area contributed by atoms with Gasteiger partial charge in [0.05, 0.1) is 0 Å². The second-order valence-corrected chi connectivity index (χ2v) is 19.5. The molecule has 1 unspecified atom stereocenters. The van der Waals surface area contributed by atoms with Crippen LogP contribution >= 0.6 is 0 Å². The molecule has 136 valence electrons. The Morgan fingerprint density at radius 1 is 0.885 bits per heavy atom. The summed E-state index contributed by atoms with van der Waals surface area (Å²) >= 11 is 0.137. The molecular weight excluding hydrogens is 511 g/mol. The molecule has 0 aliphatic heterocycles. The van der Waals surface area contributed by atoms with Gasteiger partial charge in [-0.3, -0.25) is 0 Å². The Balaban J connectivity index is 1.82. The van der Waals surface area contributed by atoms with Gasteiger partial charge in [-0.1, -0.05) is 0 Å².